The summed E-state index contributed by atoms with van der Waals surface area (Å²) in [6, 6.07) is 8.08. The number of carboxylic acids is 1. The molecule has 4 N–H and O–H groups in total. The highest BCUT2D eigenvalue weighted by molar-refractivity contribution is 5.81. The maximum Gasteiger partial charge on any atom is 0.334 e. The van der Waals surface area contributed by atoms with E-state index < -0.39 is 18.1 Å². The lowest BCUT2D eigenvalue weighted by molar-refractivity contribution is -0.152. The molecular formula is C14H18N2O4. The minimum absolute atomic E-state index is 0.192. The molecule has 0 saturated carbocycles. The Morgan fingerprint density at radius 3 is 2.55 bits per heavy atom. The van der Waals surface area contributed by atoms with Gasteiger partial charge in [-0.05, 0) is 12.0 Å². The lowest BCUT2D eigenvalue weighted by Gasteiger charge is -2.30. The molecule has 1 unspecified atom stereocenters. The van der Waals surface area contributed by atoms with Crippen LogP contribution in [0.15, 0.2) is 30.3 Å². The third-order valence-corrected chi connectivity index (χ3v) is 3.49. The van der Waals surface area contributed by atoms with Gasteiger partial charge in [0.2, 0.25) is 5.91 Å². The van der Waals surface area contributed by atoms with Gasteiger partial charge in [0, 0.05) is 19.0 Å². The first-order valence-corrected chi connectivity index (χ1v) is 6.49. The van der Waals surface area contributed by atoms with Gasteiger partial charge in [-0.2, -0.15) is 0 Å². The Hall–Kier alpha value is -1.92. The fourth-order valence-corrected chi connectivity index (χ4v) is 2.49. The molecule has 1 fully saturated rings. The summed E-state index contributed by atoms with van der Waals surface area (Å²) in [6.07, 6.45) is -1.14. The van der Waals surface area contributed by atoms with Crippen molar-refractivity contribution in [2.24, 2.45) is 5.73 Å². The van der Waals surface area contributed by atoms with Crippen molar-refractivity contribution in [1.29, 1.82) is 0 Å². The molecule has 0 aliphatic carbocycles. The topological polar surface area (TPSA) is 104 Å². The predicted octanol–water partition coefficient (Wildman–Crippen LogP) is -0.397. The molecule has 1 heterocycles. The number of nitrogens with two attached hydrogens (primary N) is 1. The number of benzene rings is 1. The monoisotopic (exact) mass is 278 g/mol. The SMILES string of the molecule is NC1CC(=O)N([C@H](Cc2ccccc2)[C@H](O)C(=O)O)C1. The van der Waals surface area contributed by atoms with E-state index in [0.717, 1.165) is 5.56 Å². The minimum Gasteiger partial charge on any atom is -0.479 e. The quantitative estimate of drug-likeness (QED) is 0.680. The van der Waals surface area contributed by atoms with Gasteiger partial charge in [-0.25, -0.2) is 4.79 Å². The van der Waals surface area contributed by atoms with Crippen LogP contribution in [0.25, 0.3) is 0 Å². The number of hydrogen-bond donors (Lipinski definition) is 3. The van der Waals surface area contributed by atoms with Gasteiger partial charge in [0.1, 0.15) is 0 Å². The smallest absolute Gasteiger partial charge is 0.334 e. The molecule has 0 bridgehead atoms. The van der Waals surface area contributed by atoms with Crippen molar-refractivity contribution in [1.82, 2.24) is 4.90 Å². The Morgan fingerprint density at radius 2 is 2.05 bits per heavy atom. The molecule has 1 aromatic carbocycles. The summed E-state index contributed by atoms with van der Waals surface area (Å²) in [5.41, 5.74) is 6.60. The van der Waals surface area contributed by atoms with E-state index in [1.807, 2.05) is 30.3 Å². The number of carbonyl (C=O) groups excluding carboxylic acids is 1. The number of aliphatic hydroxyl groups excluding tert-OH is 1. The maximum absolute atomic E-state index is 11.9. The van der Waals surface area contributed by atoms with E-state index >= 15 is 0 Å². The Morgan fingerprint density at radius 1 is 1.40 bits per heavy atom. The highest BCUT2D eigenvalue weighted by atomic mass is 16.4. The minimum atomic E-state index is -1.62. The normalized spacial score (nSPS) is 21.8. The van der Waals surface area contributed by atoms with E-state index in [1.54, 1.807) is 0 Å². The summed E-state index contributed by atoms with van der Waals surface area (Å²) in [5.74, 6) is -1.54. The van der Waals surface area contributed by atoms with Crippen LogP contribution in [0.1, 0.15) is 12.0 Å². The first-order valence-electron chi connectivity index (χ1n) is 6.49. The molecule has 0 radical (unpaired) electrons. The molecule has 0 aromatic heterocycles. The van der Waals surface area contributed by atoms with E-state index in [-0.39, 0.29) is 31.3 Å². The molecular weight excluding hydrogens is 260 g/mol. The van der Waals surface area contributed by atoms with Gasteiger partial charge in [-0.1, -0.05) is 30.3 Å². The van der Waals surface area contributed by atoms with Crippen molar-refractivity contribution in [3.05, 3.63) is 35.9 Å². The van der Waals surface area contributed by atoms with Crippen LogP contribution in [0.5, 0.6) is 0 Å². The first-order chi connectivity index (χ1) is 9.49. The van der Waals surface area contributed by atoms with E-state index in [4.69, 9.17) is 10.8 Å². The summed E-state index contributed by atoms with van der Waals surface area (Å²) in [6.45, 7) is 0.278. The molecule has 2 rings (SSSR count). The van der Waals surface area contributed by atoms with Crippen LogP contribution in [-0.4, -0.2) is 51.7 Å². The van der Waals surface area contributed by atoms with E-state index in [9.17, 15) is 14.7 Å². The highest BCUT2D eigenvalue weighted by Crippen LogP contribution is 2.19. The van der Waals surface area contributed by atoms with Gasteiger partial charge >= 0.3 is 5.97 Å². The number of aliphatic carboxylic acids is 1. The maximum atomic E-state index is 11.9. The van der Waals surface area contributed by atoms with Gasteiger partial charge in [0.25, 0.3) is 0 Å². The van der Waals surface area contributed by atoms with Crippen molar-refractivity contribution in [2.75, 3.05) is 6.54 Å². The molecule has 1 aliphatic heterocycles. The van der Waals surface area contributed by atoms with Gasteiger partial charge in [-0.3, -0.25) is 4.79 Å². The van der Waals surface area contributed by atoms with Gasteiger partial charge in [0.15, 0.2) is 6.10 Å². The number of carboxylic acid groups (broad SMARTS) is 1. The molecule has 20 heavy (non-hydrogen) atoms. The standard InChI is InChI=1S/C14H18N2O4/c15-10-7-12(17)16(8-10)11(13(18)14(19)20)6-9-4-2-1-3-5-9/h1-5,10-11,13,18H,6-8,15H2,(H,19,20)/t10?,11-,13+/m1/s1. The molecule has 1 amide bonds. The number of likely N-dealkylation sites (tertiary alicyclic amines) is 1. The fourth-order valence-electron chi connectivity index (χ4n) is 2.49. The molecule has 6 nitrogen and oxygen atoms in total. The van der Waals surface area contributed by atoms with Gasteiger partial charge in [-0.15, -0.1) is 0 Å². The average molecular weight is 278 g/mol. The lowest BCUT2D eigenvalue weighted by Crippen LogP contribution is -2.49. The third-order valence-electron chi connectivity index (χ3n) is 3.49. The molecule has 6 heteroatoms. The van der Waals surface area contributed by atoms with Crippen LogP contribution in [-0.2, 0) is 16.0 Å². The molecule has 1 aliphatic rings. The molecule has 1 saturated heterocycles. The van der Waals surface area contributed by atoms with Crippen LogP contribution < -0.4 is 5.73 Å². The fraction of sp³-hybridized carbons (Fsp3) is 0.429. The van der Waals surface area contributed by atoms with Crippen molar-refractivity contribution in [3.63, 3.8) is 0 Å². The Bertz CT molecular complexity index is 491. The zero-order valence-corrected chi connectivity index (χ0v) is 11.0. The number of rotatable bonds is 5. The summed E-state index contributed by atoms with van der Waals surface area (Å²) >= 11 is 0. The summed E-state index contributed by atoms with van der Waals surface area (Å²) in [4.78, 5) is 24.3. The van der Waals surface area contributed by atoms with Crippen LogP contribution in [0.2, 0.25) is 0 Å². The third kappa shape index (κ3) is 3.15. The van der Waals surface area contributed by atoms with E-state index in [1.165, 1.54) is 4.90 Å². The Labute approximate surface area is 116 Å². The largest absolute Gasteiger partial charge is 0.479 e. The lowest BCUT2D eigenvalue weighted by atomic mass is 10.00. The Kier molecular flexibility index (Phi) is 4.36. The number of nitrogens with zero attached hydrogens (tertiary/aromatic N) is 1. The number of aliphatic hydroxyl groups is 1. The van der Waals surface area contributed by atoms with Gasteiger partial charge < -0.3 is 20.8 Å². The molecule has 1 aromatic rings. The second-order valence-corrected chi connectivity index (χ2v) is 5.05. The first kappa shape index (κ1) is 14.5. The summed E-state index contributed by atoms with van der Waals surface area (Å²) < 4.78 is 0. The average Bonchev–Trinajstić information content (AvgIpc) is 2.75. The van der Waals surface area contributed by atoms with Crippen LogP contribution >= 0.6 is 0 Å². The van der Waals surface area contributed by atoms with Crippen molar-refractivity contribution in [3.8, 4) is 0 Å². The predicted molar refractivity (Wildman–Crippen MR) is 71.9 cm³/mol. The number of hydrogen-bond acceptors (Lipinski definition) is 4. The van der Waals surface area contributed by atoms with Crippen LogP contribution in [0.3, 0.4) is 0 Å². The molecule has 0 spiro atoms. The second kappa shape index (κ2) is 6.02. The molecule has 3 atom stereocenters. The van der Waals surface area contributed by atoms with Crippen molar-refractivity contribution >= 4 is 11.9 Å². The zero-order chi connectivity index (χ0) is 14.7. The van der Waals surface area contributed by atoms with E-state index in [0.29, 0.717) is 0 Å². The highest BCUT2D eigenvalue weighted by Gasteiger charge is 2.38. The zero-order valence-electron chi connectivity index (χ0n) is 11.0. The van der Waals surface area contributed by atoms with Gasteiger partial charge in [0.05, 0.1) is 6.04 Å². The Balaban J connectivity index is 2.21. The van der Waals surface area contributed by atoms with Crippen molar-refractivity contribution in [2.45, 2.75) is 31.0 Å². The second-order valence-electron chi connectivity index (χ2n) is 5.05. The summed E-state index contributed by atoms with van der Waals surface area (Å²) in [7, 11) is 0. The number of carbonyl (C=O) groups is 2. The number of amides is 1. The van der Waals surface area contributed by atoms with Crippen LogP contribution in [0, 0.1) is 0 Å². The van der Waals surface area contributed by atoms with E-state index in [2.05, 4.69) is 0 Å². The summed E-state index contributed by atoms with van der Waals surface area (Å²) in [5, 5.41) is 18.9. The van der Waals surface area contributed by atoms with Crippen LogP contribution in [0.4, 0.5) is 0 Å². The molecule has 108 valence electrons. The van der Waals surface area contributed by atoms with Crippen molar-refractivity contribution < 1.29 is 19.8 Å².